The lowest BCUT2D eigenvalue weighted by atomic mass is 10.00. The minimum absolute atomic E-state index is 0. The Kier molecular flexibility index (Phi) is 16.1. The first-order valence-corrected chi connectivity index (χ1v) is 18.6. The van der Waals surface area contributed by atoms with E-state index < -0.39 is 23.3 Å². The summed E-state index contributed by atoms with van der Waals surface area (Å²) < 4.78 is 19.9. The highest BCUT2D eigenvalue weighted by molar-refractivity contribution is 5.85. The van der Waals surface area contributed by atoms with Crippen molar-refractivity contribution in [2.24, 2.45) is 0 Å². The summed E-state index contributed by atoms with van der Waals surface area (Å²) >= 11 is 0. The summed E-state index contributed by atoms with van der Waals surface area (Å²) in [4.78, 5) is 53.9. The normalized spacial score (nSPS) is 14.2. The van der Waals surface area contributed by atoms with Crippen LogP contribution in [0.2, 0.25) is 0 Å². The van der Waals surface area contributed by atoms with E-state index in [0.717, 1.165) is 54.6 Å². The maximum absolute atomic E-state index is 13.8. The number of nitrogens with zero attached hydrogens (tertiary/aromatic N) is 3. The lowest BCUT2D eigenvalue weighted by Gasteiger charge is -2.34. The molecule has 3 aromatic carbocycles. The summed E-state index contributed by atoms with van der Waals surface area (Å²) in [7, 11) is 0. The van der Waals surface area contributed by atoms with Gasteiger partial charge in [-0.15, -0.1) is 12.4 Å². The zero-order chi connectivity index (χ0) is 36.9. The van der Waals surface area contributed by atoms with Gasteiger partial charge in [-0.2, -0.15) is 0 Å². The number of fused-ring (bicyclic) bond motifs is 1. The van der Waals surface area contributed by atoms with Crippen LogP contribution in [-0.2, 0) is 25.6 Å². The maximum Gasteiger partial charge on any atom is 0.332 e. The first-order chi connectivity index (χ1) is 25.3. The van der Waals surface area contributed by atoms with Gasteiger partial charge in [-0.1, -0.05) is 74.0 Å². The molecule has 4 aromatic rings. The third kappa shape index (κ3) is 11.0. The van der Waals surface area contributed by atoms with Crippen molar-refractivity contribution < 1.29 is 28.9 Å². The molecule has 11 nitrogen and oxygen atoms in total. The molecule has 1 atom stereocenters. The molecule has 2 heterocycles. The van der Waals surface area contributed by atoms with Gasteiger partial charge < -0.3 is 24.2 Å². The molecule has 53 heavy (non-hydrogen) atoms. The van der Waals surface area contributed by atoms with Crippen LogP contribution in [0.1, 0.15) is 88.5 Å². The average Bonchev–Trinajstić information content (AvgIpc) is 3.16. The van der Waals surface area contributed by atoms with Crippen LogP contribution >= 0.6 is 12.4 Å². The standard InChI is InChI=1S/C41H51N3O8.ClH/c1-3-14-36(40(47)48)44-39(46)34-29-33(51-28-13-19-37(45)50-4-2)20-21-35(34)43(41(44)49)25-12-11-24-42-26-22-32(23-27-42)52-38(30-15-7-5-8-16-30)31-17-9-6-10-18-31;/h5-10,15-18,20-21,29,32,36,38H,3-4,11-14,19,22-28H2,1-2H3,(H,47,48);1H. The van der Waals surface area contributed by atoms with E-state index in [4.69, 9.17) is 14.2 Å². The average molecular weight is 750 g/mol. The lowest BCUT2D eigenvalue weighted by molar-refractivity contribution is -0.143. The summed E-state index contributed by atoms with van der Waals surface area (Å²) in [6, 6.07) is 24.3. The van der Waals surface area contributed by atoms with Crippen LogP contribution in [-0.4, -0.2) is 70.0 Å². The number of likely N-dealkylation sites (tertiary alicyclic amines) is 1. The molecule has 0 amide bonds. The molecule has 0 aliphatic carbocycles. The van der Waals surface area contributed by atoms with E-state index in [1.807, 2.05) is 43.3 Å². The van der Waals surface area contributed by atoms with Crippen molar-refractivity contribution in [1.82, 2.24) is 14.0 Å². The number of aromatic nitrogens is 2. The second-order valence-corrected chi connectivity index (χ2v) is 13.3. The van der Waals surface area contributed by atoms with Gasteiger partial charge in [0.25, 0.3) is 5.56 Å². The zero-order valence-electron chi connectivity index (χ0n) is 30.7. The molecule has 12 heteroatoms. The Morgan fingerprint density at radius 3 is 2.11 bits per heavy atom. The predicted octanol–water partition coefficient (Wildman–Crippen LogP) is 6.78. The number of piperidine rings is 1. The SMILES string of the molecule is CCCC(C(=O)O)n1c(=O)c2cc(OCCCC(=O)OCC)ccc2n(CCCCN2CCC(OC(c3ccccc3)c3ccccc3)CC2)c1=O.Cl. The van der Waals surface area contributed by atoms with Crippen LogP contribution in [0.4, 0.5) is 0 Å². The Balaban J connectivity index is 0.00000627. The highest BCUT2D eigenvalue weighted by Gasteiger charge is 2.27. The summed E-state index contributed by atoms with van der Waals surface area (Å²) in [5.41, 5.74) is 1.45. The quantitative estimate of drug-likeness (QED) is 0.0815. The molecule has 1 aliphatic heterocycles. The first kappa shape index (κ1) is 41.3. The third-order valence-corrected chi connectivity index (χ3v) is 9.58. The first-order valence-electron chi connectivity index (χ1n) is 18.6. The predicted molar refractivity (Wildman–Crippen MR) is 207 cm³/mol. The zero-order valence-corrected chi connectivity index (χ0v) is 31.5. The molecule has 0 radical (unpaired) electrons. The highest BCUT2D eigenvalue weighted by Crippen LogP contribution is 2.30. The smallest absolute Gasteiger partial charge is 0.332 e. The summed E-state index contributed by atoms with van der Waals surface area (Å²) in [6.45, 7) is 7.13. The van der Waals surface area contributed by atoms with Gasteiger partial charge in [0.15, 0.2) is 0 Å². The fourth-order valence-corrected chi connectivity index (χ4v) is 6.90. The van der Waals surface area contributed by atoms with E-state index in [-0.39, 0.29) is 55.4 Å². The summed E-state index contributed by atoms with van der Waals surface area (Å²) in [5.74, 6) is -1.12. The Morgan fingerprint density at radius 1 is 0.868 bits per heavy atom. The molecule has 0 bridgehead atoms. The van der Waals surface area contributed by atoms with Gasteiger partial charge >= 0.3 is 17.6 Å². The molecule has 1 aliphatic rings. The van der Waals surface area contributed by atoms with E-state index in [1.165, 1.54) is 4.57 Å². The number of aliphatic carboxylic acids is 1. The van der Waals surface area contributed by atoms with Gasteiger partial charge in [-0.05, 0) is 81.3 Å². The number of carboxylic acids is 1. The second-order valence-electron chi connectivity index (χ2n) is 13.3. The minimum Gasteiger partial charge on any atom is -0.494 e. The summed E-state index contributed by atoms with van der Waals surface area (Å²) in [5, 5.41) is 10.2. The number of halogens is 1. The van der Waals surface area contributed by atoms with E-state index in [2.05, 4.69) is 29.2 Å². The number of hydrogen-bond donors (Lipinski definition) is 1. The number of esters is 1. The molecule has 286 valence electrons. The van der Waals surface area contributed by atoms with Gasteiger partial charge in [-0.25, -0.2) is 14.2 Å². The molecule has 1 fully saturated rings. The molecule has 1 aromatic heterocycles. The van der Waals surface area contributed by atoms with Gasteiger partial charge in [0.1, 0.15) is 17.9 Å². The number of hydrogen-bond acceptors (Lipinski definition) is 8. The number of carbonyl (C=O) groups excluding carboxylic acids is 1. The summed E-state index contributed by atoms with van der Waals surface area (Å²) in [6.07, 6.45) is 4.66. The van der Waals surface area contributed by atoms with E-state index >= 15 is 0 Å². The Bertz CT molecular complexity index is 1830. The molecule has 1 N–H and O–H groups in total. The number of aryl methyl sites for hydroxylation is 1. The van der Waals surface area contributed by atoms with Gasteiger partial charge in [-0.3, -0.25) is 14.2 Å². The van der Waals surface area contributed by atoms with Crippen molar-refractivity contribution >= 4 is 35.2 Å². The number of unbranched alkanes of at least 4 members (excludes halogenated alkanes) is 1. The largest absolute Gasteiger partial charge is 0.494 e. The van der Waals surface area contributed by atoms with Crippen molar-refractivity contribution in [1.29, 1.82) is 0 Å². The minimum atomic E-state index is -1.28. The molecule has 0 saturated carbocycles. The van der Waals surface area contributed by atoms with Crippen molar-refractivity contribution in [3.8, 4) is 5.75 Å². The van der Waals surface area contributed by atoms with Crippen LogP contribution in [0.15, 0.2) is 88.5 Å². The Labute approximate surface area is 316 Å². The molecule has 1 unspecified atom stereocenters. The number of carbonyl (C=O) groups is 2. The molecule has 0 spiro atoms. The van der Waals surface area contributed by atoms with Crippen molar-refractivity contribution in [2.75, 3.05) is 32.8 Å². The number of carboxylic acid groups (broad SMARTS) is 1. The molecular formula is C41H52ClN3O8. The van der Waals surface area contributed by atoms with Gasteiger partial charge in [0.2, 0.25) is 0 Å². The highest BCUT2D eigenvalue weighted by atomic mass is 35.5. The second kappa shape index (κ2) is 20.7. The number of rotatable bonds is 19. The maximum atomic E-state index is 13.8. The van der Waals surface area contributed by atoms with Crippen LogP contribution in [0, 0.1) is 0 Å². The lowest BCUT2D eigenvalue weighted by Crippen LogP contribution is -2.44. The van der Waals surface area contributed by atoms with Crippen LogP contribution in [0.3, 0.4) is 0 Å². The Morgan fingerprint density at radius 2 is 1.51 bits per heavy atom. The third-order valence-electron chi connectivity index (χ3n) is 9.58. The fraction of sp³-hybridized carbons (Fsp3) is 0.463. The van der Waals surface area contributed by atoms with E-state index in [0.29, 0.717) is 43.7 Å². The van der Waals surface area contributed by atoms with Crippen molar-refractivity contribution in [3.05, 3.63) is 111 Å². The monoisotopic (exact) mass is 749 g/mol. The molecular weight excluding hydrogens is 698 g/mol. The number of benzene rings is 3. The number of ether oxygens (including phenoxy) is 3. The van der Waals surface area contributed by atoms with Gasteiger partial charge in [0, 0.05) is 26.1 Å². The van der Waals surface area contributed by atoms with E-state index in [1.54, 1.807) is 25.1 Å². The van der Waals surface area contributed by atoms with Crippen LogP contribution < -0.4 is 16.0 Å². The van der Waals surface area contributed by atoms with Crippen molar-refractivity contribution in [3.63, 3.8) is 0 Å². The van der Waals surface area contributed by atoms with Crippen LogP contribution in [0.5, 0.6) is 5.75 Å². The molecule has 5 rings (SSSR count). The van der Waals surface area contributed by atoms with E-state index in [9.17, 15) is 24.3 Å². The van der Waals surface area contributed by atoms with Gasteiger partial charge in [0.05, 0.1) is 30.2 Å². The molecule has 1 saturated heterocycles. The van der Waals surface area contributed by atoms with Crippen LogP contribution in [0.25, 0.3) is 10.9 Å². The topological polar surface area (TPSA) is 129 Å². The van der Waals surface area contributed by atoms with Crippen molar-refractivity contribution in [2.45, 2.75) is 90.0 Å². The Hall–Kier alpha value is -4.45. The fourth-order valence-electron chi connectivity index (χ4n) is 6.90.